The van der Waals surface area contributed by atoms with Gasteiger partial charge in [0.15, 0.2) is 6.10 Å². The number of rotatable bonds is 5. The fourth-order valence-corrected chi connectivity index (χ4v) is 3.06. The highest BCUT2D eigenvalue weighted by atomic mass is 16.5. The molecule has 1 saturated heterocycles. The maximum absolute atomic E-state index is 12.5. The zero-order valence-electron chi connectivity index (χ0n) is 16.0. The molecule has 150 valence electrons. The highest BCUT2D eigenvalue weighted by Crippen LogP contribution is 2.21. The molecule has 1 N–H and O–H groups in total. The third-order valence-corrected chi connectivity index (χ3v) is 4.63. The first-order chi connectivity index (χ1) is 14.1. The van der Waals surface area contributed by atoms with Gasteiger partial charge in [0, 0.05) is 30.6 Å². The van der Waals surface area contributed by atoms with Crippen molar-refractivity contribution < 1.29 is 18.7 Å². The smallest absolute Gasteiger partial charge is 0.336 e. The Bertz CT molecular complexity index is 1060. The molecule has 29 heavy (non-hydrogen) atoms. The fraction of sp³-hybridized carbons (Fsp3) is 0.286. The first-order valence-corrected chi connectivity index (χ1v) is 9.39. The van der Waals surface area contributed by atoms with Crippen LogP contribution in [0.15, 0.2) is 57.9 Å². The number of pyridine rings is 1. The number of aromatic nitrogens is 1. The van der Waals surface area contributed by atoms with Crippen LogP contribution in [0.4, 0.5) is 11.5 Å². The van der Waals surface area contributed by atoms with Gasteiger partial charge in [-0.2, -0.15) is 0 Å². The summed E-state index contributed by atoms with van der Waals surface area (Å²) in [5.74, 6) is 0.990. The molecule has 8 heteroatoms. The van der Waals surface area contributed by atoms with Crippen LogP contribution in [0.25, 0.3) is 11.0 Å². The Labute approximate surface area is 167 Å². The summed E-state index contributed by atoms with van der Waals surface area (Å²) in [4.78, 5) is 30.4. The molecule has 0 bridgehead atoms. The summed E-state index contributed by atoms with van der Waals surface area (Å²) in [6, 6.07) is 11.8. The molecular formula is C21H21N3O5. The van der Waals surface area contributed by atoms with Crippen molar-refractivity contribution >= 4 is 28.4 Å². The molecule has 1 aromatic carbocycles. The van der Waals surface area contributed by atoms with Crippen molar-refractivity contribution in [1.29, 1.82) is 0 Å². The van der Waals surface area contributed by atoms with Crippen molar-refractivity contribution in [3.63, 3.8) is 0 Å². The average molecular weight is 395 g/mol. The number of hydrogen-bond acceptors (Lipinski definition) is 7. The van der Waals surface area contributed by atoms with Crippen molar-refractivity contribution in [3.8, 4) is 5.75 Å². The van der Waals surface area contributed by atoms with Crippen molar-refractivity contribution in [1.82, 2.24) is 4.98 Å². The number of anilines is 2. The lowest BCUT2D eigenvalue weighted by Crippen LogP contribution is -2.36. The third kappa shape index (κ3) is 4.55. The molecule has 1 aliphatic rings. The fourth-order valence-electron chi connectivity index (χ4n) is 3.06. The number of morpholine rings is 1. The molecule has 8 nitrogen and oxygen atoms in total. The number of hydrogen-bond donors (Lipinski definition) is 1. The van der Waals surface area contributed by atoms with Crippen molar-refractivity contribution in [2.45, 2.75) is 13.0 Å². The standard InChI is InChI=1S/C21H21N3O5/c1-14(28-17-5-2-15-3-7-20(25)29-18(15)12-17)21(26)23-16-4-6-19(22-13-16)24-8-10-27-11-9-24/h2-7,12-14H,8-11H2,1H3,(H,23,26). The first kappa shape index (κ1) is 18.9. The molecule has 1 aliphatic heterocycles. The van der Waals surface area contributed by atoms with Crippen LogP contribution >= 0.6 is 0 Å². The Morgan fingerprint density at radius 3 is 2.72 bits per heavy atom. The highest BCUT2D eigenvalue weighted by Gasteiger charge is 2.17. The van der Waals surface area contributed by atoms with E-state index in [9.17, 15) is 9.59 Å². The van der Waals surface area contributed by atoms with Gasteiger partial charge >= 0.3 is 5.63 Å². The number of nitrogens with zero attached hydrogens (tertiary/aromatic N) is 2. The molecule has 1 unspecified atom stereocenters. The number of carbonyl (C=O) groups excluding carboxylic acids is 1. The number of fused-ring (bicyclic) bond motifs is 1. The summed E-state index contributed by atoms with van der Waals surface area (Å²) < 4.78 is 16.2. The average Bonchev–Trinajstić information content (AvgIpc) is 2.74. The SMILES string of the molecule is CC(Oc1ccc2ccc(=O)oc2c1)C(=O)Nc1ccc(N2CCOCC2)nc1. The molecule has 4 rings (SSSR count). The van der Waals surface area contributed by atoms with Gasteiger partial charge in [0.05, 0.1) is 25.1 Å². The van der Waals surface area contributed by atoms with Crippen LogP contribution < -0.4 is 20.6 Å². The summed E-state index contributed by atoms with van der Waals surface area (Å²) >= 11 is 0. The predicted molar refractivity (Wildman–Crippen MR) is 108 cm³/mol. The molecule has 0 radical (unpaired) electrons. The van der Waals surface area contributed by atoms with Crippen LogP contribution in [0.3, 0.4) is 0 Å². The second-order valence-electron chi connectivity index (χ2n) is 6.71. The summed E-state index contributed by atoms with van der Waals surface area (Å²) in [5, 5.41) is 3.57. The lowest BCUT2D eigenvalue weighted by molar-refractivity contribution is -0.122. The Hall–Kier alpha value is -3.39. The van der Waals surface area contributed by atoms with Crippen LogP contribution in [0.2, 0.25) is 0 Å². The van der Waals surface area contributed by atoms with E-state index in [1.165, 1.54) is 6.07 Å². The van der Waals surface area contributed by atoms with E-state index >= 15 is 0 Å². The Morgan fingerprint density at radius 2 is 1.97 bits per heavy atom. The quantitative estimate of drug-likeness (QED) is 0.663. The second kappa shape index (κ2) is 8.32. The summed E-state index contributed by atoms with van der Waals surface area (Å²) in [5.41, 5.74) is 0.561. The van der Waals surface area contributed by atoms with E-state index in [1.807, 2.05) is 12.1 Å². The van der Waals surface area contributed by atoms with Crippen molar-refractivity contribution in [2.75, 3.05) is 36.5 Å². The topological polar surface area (TPSA) is 93.9 Å². The van der Waals surface area contributed by atoms with Crippen LogP contribution in [0.5, 0.6) is 5.75 Å². The number of benzene rings is 1. The molecule has 2 aromatic heterocycles. The molecule has 1 atom stereocenters. The van der Waals surface area contributed by atoms with E-state index < -0.39 is 11.7 Å². The van der Waals surface area contributed by atoms with E-state index in [0.717, 1.165) is 24.3 Å². The van der Waals surface area contributed by atoms with E-state index in [4.69, 9.17) is 13.9 Å². The lowest BCUT2D eigenvalue weighted by atomic mass is 10.2. The second-order valence-corrected chi connectivity index (χ2v) is 6.71. The molecule has 0 aliphatic carbocycles. The van der Waals surface area contributed by atoms with Crippen LogP contribution in [0.1, 0.15) is 6.92 Å². The van der Waals surface area contributed by atoms with Gasteiger partial charge in [-0.25, -0.2) is 9.78 Å². The maximum atomic E-state index is 12.5. The molecule has 0 spiro atoms. The lowest BCUT2D eigenvalue weighted by Gasteiger charge is -2.27. The minimum absolute atomic E-state index is 0.305. The minimum Gasteiger partial charge on any atom is -0.481 e. The van der Waals surface area contributed by atoms with Gasteiger partial charge in [-0.15, -0.1) is 0 Å². The molecule has 3 aromatic rings. The minimum atomic E-state index is -0.748. The Balaban J connectivity index is 1.38. The van der Waals surface area contributed by atoms with Crippen molar-refractivity contribution in [3.05, 3.63) is 59.1 Å². The number of amides is 1. The van der Waals surface area contributed by atoms with Crippen LogP contribution in [0, 0.1) is 0 Å². The summed E-state index contributed by atoms with van der Waals surface area (Å²) in [6.07, 6.45) is 0.877. The predicted octanol–water partition coefficient (Wildman–Crippen LogP) is 2.43. The zero-order chi connectivity index (χ0) is 20.2. The number of ether oxygens (including phenoxy) is 2. The molecule has 1 fully saturated rings. The molecule has 0 saturated carbocycles. The zero-order valence-corrected chi connectivity index (χ0v) is 16.0. The highest BCUT2D eigenvalue weighted by molar-refractivity contribution is 5.94. The summed E-state index contributed by atoms with van der Waals surface area (Å²) in [7, 11) is 0. The van der Waals surface area contributed by atoms with Gasteiger partial charge in [0.1, 0.15) is 17.2 Å². The molecule has 3 heterocycles. The van der Waals surface area contributed by atoms with Gasteiger partial charge in [-0.3, -0.25) is 4.79 Å². The van der Waals surface area contributed by atoms with E-state index in [2.05, 4.69) is 15.2 Å². The molecular weight excluding hydrogens is 374 g/mol. The van der Waals surface area contributed by atoms with Gasteiger partial charge in [-0.05, 0) is 37.3 Å². The maximum Gasteiger partial charge on any atom is 0.336 e. The van der Waals surface area contributed by atoms with Gasteiger partial charge in [0.2, 0.25) is 0 Å². The first-order valence-electron chi connectivity index (χ1n) is 9.39. The number of carbonyl (C=O) groups is 1. The van der Waals surface area contributed by atoms with Crippen LogP contribution in [-0.2, 0) is 9.53 Å². The van der Waals surface area contributed by atoms with Gasteiger partial charge < -0.3 is 24.1 Å². The monoisotopic (exact) mass is 395 g/mol. The van der Waals surface area contributed by atoms with Crippen molar-refractivity contribution in [2.24, 2.45) is 0 Å². The Morgan fingerprint density at radius 1 is 1.17 bits per heavy atom. The van der Waals surface area contributed by atoms with E-state index in [0.29, 0.717) is 30.2 Å². The summed E-state index contributed by atoms with van der Waals surface area (Å²) in [6.45, 7) is 4.63. The van der Waals surface area contributed by atoms with E-state index in [1.54, 1.807) is 37.4 Å². The van der Waals surface area contributed by atoms with Crippen LogP contribution in [-0.4, -0.2) is 43.3 Å². The largest absolute Gasteiger partial charge is 0.481 e. The normalized spacial score (nSPS) is 15.1. The van der Waals surface area contributed by atoms with Gasteiger partial charge in [-0.1, -0.05) is 0 Å². The Kier molecular flexibility index (Phi) is 5.44. The van der Waals surface area contributed by atoms with Gasteiger partial charge in [0.25, 0.3) is 5.91 Å². The number of nitrogens with one attached hydrogen (secondary N) is 1. The van der Waals surface area contributed by atoms with E-state index in [-0.39, 0.29) is 5.91 Å². The third-order valence-electron chi connectivity index (χ3n) is 4.63. The molecule has 1 amide bonds.